The van der Waals surface area contributed by atoms with Gasteiger partial charge in [0.1, 0.15) is 4.21 Å². The van der Waals surface area contributed by atoms with Gasteiger partial charge >= 0.3 is 0 Å². The summed E-state index contributed by atoms with van der Waals surface area (Å²) in [6, 6.07) is 4.18. The first-order valence-corrected chi connectivity index (χ1v) is 9.63. The Morgan fingerprint density at radius 1 is 1.20 bits per heavy atom. The largest absolute Gasteiger partial charge is 0.314 e. The second kappa shape index (κ2) is 7.02. The standard InChI is InChI=1S/C14H24N2O2S2/c1-3-10-15-12-5-7-13(8-6-12)16-20(17,18)14-9-4-11(2)19-14/h4,9,12-13,15-16H,3,5-8,10H2,1-2H3. The molecule has 1 aromatic heterocycles. The third-order valence-corrected chi connectivity index (χ3v) is 6.73. The van der Waals surface area contributed by atoms with Crippen LogP contribution in [0.2, 0.25) is 0 Å². The van der Waals surface area contributed by atoms with Crippen LogP contribution in [0, 0.1) is 6.92 Å². The van der Waals surface area contributed by atoms with Gasteiger partial charge < -0.3 is 5.32 Å². The topological polar surface area (TPSA) is 58.2 Å². The fourth-order valence-corrected chi connectivity index (χ4v) is 5.20. The summed E-state index contributed by atoms with van der Waals surface area (Å²) in [5, 5.41) is 3.51. The SMILES string of the molecule is CCCNC1CCC(NS(=O)(=O)c2ccc(C)s2)CC1. The van der Waals surface area contributed by atoms with Gasteiger partial charge in [0.2, 0.25) is 10.0 Å². The van der Waals surface area contributed by atoms with Crippen LogP contribution in [-0.4, -0.2) is 27.0 Å². The Balaban J connectivity index is 1.86. The van der Waals surface area contributed by atoms with E-state index in [9.17, 15) is 8.42 Å². The molecule has 1 fully saturated rings. The molecule has 0 spiro atoms. The molecule has 114 valence electrons. The van der Waals surface area contributed by atoms with Crippen LogP contribution in [-0.2, 0) is 10.0 Å². The number of aryl methyl sites for hydroxylation is 1. The molecule has 0 bridgehead atoms. The summed E-state index contributed by atoms with van der Waals surface area (Å²) in [5.74, 6) is 0. The molecular weight excluding hydrogens is 292 g/mol. The van der Waals surface area contributed by atoms with E-state index in [0.717, 1.165) is 43.5 Å². The molecule has 1 aliphatic rings. The number of sulfonamides is 1. The molecule has 4 nitrogen and oxygen atoms in total. The number of hydrogen-bond donors (Lipinski definition) is 2. The Kier molecular flexibility index (Phi) is 5.60. The fourth-order valence-electron chi connectivity index (χ4n) is 2.60. The van der Waals surface area contributed by atoms with E-state index in [1.54, 1.807) is 6.07 Å². The van der Waals surface area contributed by atoms with E-state index in [4.69, 9.17) is 0 Å². The van der Waals surface area contributed by atoms with Gasteiger partial charge in [-0.3, -0.25) is 0 Å². The lowest BCUT2D eigenvalue weighted by atomic mass is 9.92. The van der Waals surface area contributed by atoms with Crippen molar-refractivity contribution in [3.63, 3.8) is 0 Å². The van der Waals surface area contributed by atoms with Crippen LogP contribution in [0.5, 0.6) is 0 Å². The predicted octanol–water partition coefficient (Wildman–Crippen LogP) is 2.65. The summed E-state index contributed by atoms with van der Waals surface area (Å²) in [6.07, 6.45) is 5.09. The van der Waals surface area contributed by atoms with Crippen molar-refractivity contribution in [1.29, 1.82) is 0 Å². The van der Waals surface area contributed by atoms with Crippen LogP contribution in [0.25, 0.3) is 0 Å². The number of rotatable bonds is 6. The highest BCUT2D eigenvalue weighted by atomic mass is 32.2. The molecule has 0 aromatic carbocycles. The maximum Gasteiger partial charge on any atom is 0.250 e. The van der Waals surface area contributed by atoms with Crippen molar-refractivity contribution < 1.29 is 8.42 Å². The number of thiophene rings is 1. The van der Waals surface area contributed by atoms with Gasteiger partial charge in [-0.1, -0.05) is 6.92 Å². The summed E-state index contributed by atoms with van der Waals surface area (Å²) < 4.78 is 27.8. The number of hydrogen-bond acceptors (Lipinski definition) is 4. The Morgan fingerprint density at radius 2 is 1.85 bits per heavy atom. The van der Waals surface area contributed by atoms with Gasteiger partial charge in [0.05, 0.1) is 0 Å². The molecule has 0 radical (unpaired) electrons. The summed E-state index contributed by atoms with van der Waals surface area (Å²) in [6.45, 7) is 5.14. The quantitative estimate of drug-likeness (QED) is 0.848. The van der Waals surface area contributed by atoms with Crippen molar-refractivity contribution in [3.05, 3.63) is 17.0 Å². The third kappa shape index (κ3) is 4.28. The first-order valence-electron chi connectivity index (χ1n) is 7.33. The molecule has 0 unspecified atom stereocenters. The molecule has 2 N–H and O–H groups in total. The van der Waals surface area contributed by atoms with E-state index >= 15 is 0 Å². The molecule has 1 heterocycles. The van der Waals surface area contributed by atoms with Gasteiger partial charge in [-0.05, 0) is 57.7 Å². The van der Waals surface area contributed by atoms with E-state index in [-0.39, 0.29) is 6.04 Å². The highest BCUT2D eigenvalue weighted by Crippen LogP contribution is 2.24. The van der Waals surface area contributed by atoms with Crippen molar-refractivity contribution in [1.82, 2.24) is 10.0 Å². The van der Waals surface area contributed by atoms with Crippen molar-refractivity contribution in [3.8, 4) is 0 Å². The van der Waals surface area contributed by atoms with Crippen molar-refractivity contribution >= 4 is 21.4 Å². The normalized spacial score (nSPS) is 23.9. The van der Waals surface area contributed by atoms with Gasteiger partial charge in [-0.15, -0.1) is 11.3 Å². The lowest BCUT2D eigenvalue weighted by molar-refractivity contribution is 0.330. The van der Waals surface area contributed by atoms with Crippen molar-refractivity contribution in [2.45, 2.75) is 62.2 Å². The lowest BCUT2D eigenvalue weighted by Crippen LogP contribution is -2.42. The molecule has 0 aliphatic heterocycles. The van der Waals surface area contributed by atoms with Gasteiger partial charge in [-0.25, -0.2) is 13.1 Å². The first-order chi connectivity index (χ1) is 9.51. The minimum Gasteiger partial charge on any atom is -0.314 e. The Labute approximate surface area is 126 Å². The Bertz CT molecular complexity index is 517. The zero-order chi connectivity index (χ0) is 14.6. The summed E-state index contributed by atoms with van der Waals surface area (Å²) in [7, 11) is -3.33. The van der Waals surface area contributed by atoms with Gasteiger partial charge in [0, 0.05) is 17.0 Å². The minimum absolute atomic E-state index is 0.0853. The lowest BCUT2D eigenvalue weighted by Gasteiger charge is -2.29. The molecule has 0 amide bonds. The van der Waals surface area contributed by atoms with Crippen LogP contribution in [0.15, 0.2) is 16.3 Å². The third-order valence-electron chi connectivity index (χ3n) is 3.71. The smallest absolute Gasteiger partial charge is 0.250 e. The van der Waals surface area contributed by atoms with Gasteiger partial charge in [0.25, 0.3) is 0 Å². The zero-order valence-corrected chi connectivity index (χ0v) is 13.8. The molecular formula is C14H24N2O2S2. The molecule has 1 aromatic rings. The molecule has 0 atom stereocenters. The highest BCUT2D eigenvalue weighted by molar-refractivity contribution is 7.91. The fraction of sp³-hybridized carbons (Fsp3) is 0.714. The zero-order valence-electron chi connectivity index (χ0n) is 12.2. The molecule has 6 heteroatoms. The molecule has 1 aliphatic carbocycles. The van der Waals surface area contributed by atoms with E-state index < -0.39 is 10.0 Å². The van der Waals surface area contributed by atoms with E-state index in [1.807, 2.05) is 13.0 Å². The molecule has 0 saturated heterocycles. The van der Waals surface area contributed by atoms with Crippen molar-refractivity contribution in [2.24, 2.45) is 0 Å². The molecule has 20 heavy (non-hydrogen) atoms. The van der Waals surface area contributed by atoms with Crippen LogP contribution in [0.3, 0.4) is 0 Å². The average Bonchev–Trinajstić information content (AvgIpc) is 2.85. The highest BCUT2D eigenvalue weighted by Gasteiger charge is 2.26. The maximum absolute atomic E-state index is 12.3. The van der Waals surface area contributed by atoms with Crippen LogP contribution in [0.4, 0.5) is 0 Å². The maximum atomic E-state index is 12.3. The summed E-state index contributed by atoms with van der Waals surface area (Å²) in [4.78, 5) is 1.03. The van der Waals surface area contributed by atoms with Crippen LogP contribution >= 0.6 is 11.3 Å². The van der Waals surface area contributed by atoms with Crippen LogP contribution in [0.1, 0.15) is 43.9 Å². The summed E-state index contributed by atoms with van der Waals surface area (Å²) >= 11 is 1.33. The second-order valence-electron chi connectivity index (χ2n) is 5.49. The summed E-state index contributed by atoms with van der Waals surface area (Å²) in [5.41, 5.74) is 0. The predicted molar refractivity (Wildman–Crippen MR) is 83.7 cm³/mol. The van der Waals surface area contributed by atoms with E-state index in [0.29, 0.717) is 10.3 Å². The van der Waals surface area contributed by atoms with E-state index in [1.165, 1.54) is 11.3 Å². The molecule has 2 rings (SSSR count). The first kappa shape index (κ1) is 15.9. The molecule has 1 saturated carbocycles. The minimum atomic E-state index is -3.33. The Hall–Kier alpha value is -0.430. The van der Waals surface area contributed by atoms with Crippen LogP contribution < -0.4 is 10.0 Å². The second-order valence-corrected chi connectivity index (χ2v) is 8.72. The number of nitrogens with one attached hydrogen (secondary N) is 2. The van der Waals surface area contributed by atoms with Crippen molar-refractivity contribution in [2.75, 3.05) is 6.54 Å². The Morgan fingerprint density at radius 3 is 2.40 bits per heavy atom. The van der Waals surface area contributed by atoms with Gasteiger partial charge in [-0.2, -0.15) is 0 Å². The van der Waals surface area contributed by atoms with Gasteiger partial charge in [0.15, 0.2) is 0 Å². The average molecular weight is 316 g/mol. The monoisotopic (exact) mass is 316 g/mol. The van der Waals surface area contributed by atoms with E-state index in [2.05, 4.69) is 17.0 Å².